The highest BCUT2D eigenvalue weighted by atomic mass is 16.1. The minimum Gasteiger partial charge on any atom is -0.338 e. The van der Waals surface area contributed by atoms with E-state index in [1.165, 1.54) is 0 Å². The molecule has 48 valence electrons. The summed E-state index contributed by atoms with van der Waals surface area (Å²) in [7, 11) is 21.7. The second-order valence-electron chi connectivity index (χ2n) is 3.10. The van der Waals surface area contributed by atoms with Crippen LogP contribution in [0.15, 0.2) is 0 Å². The summed E-state index contributed by atoms with van der Waals surface area (Å²) in [4.78, 5) is 10.9. The van der Waals surface area contributed by atoms with Crippen LogP contribution in [0.1, 0.15) is 12.8 Å². The Balaban J connectivity index is 2.74. The van der Waals surface area contributed by atoms with Crippen molar-refractivity contribution >= 4 is 37.2 Å². The van der Waals surface area contributed by atoms with Gasteiger partial charge in [-0.25, -0.2) is 0 Å². The summed E-state index contributed by atoms with van der Waals surface area (Å²) in [6.45, 7) is 0. The van der Waals surface area contributed by atoms with Crippen molar-refractivity contribution in [2.75, 3.05) is 0 Å². The SMILES string of the molecule is [B]C1([B])CC(=O)CC([B])([B])N1. The van der Waals surface area contributed by atoms with E-state index in [9.17, 15) is 4.79 Å². The molecule has 0 atom stereocenters. The van der Waals surface area contributed by atoms with Gasteiger partial charge in [0.25, 0.3) is 0 Å². The zero-order valence-electron chi connectivity index (χ0n) is 6.13. The van der Waals surface area contributed by atoms with Crippen molar-refractivity contribution in [3.05, 3.63) is 0 Å². The number of carbonyl (C=O) groups is 1. The van der Waals surface area contributed by atoms with E-state index in [0.717, 1.165) is 0 Å². The van der Waals surface area contributed by atoms with Gasteiger partial charge < -0.3 is 5.32 Å². The van der Waals surface area contributed by atoms with Gasteiger partial charge in [0.2, 0.25) is 0 Å². The second kappa shape index (κ2) is 2.44. The molecule has 0 aromatic heterocycles. The molecule has 0 unspecified atom stereocenters. The van der Waals surface area contributed by atoms with Gasteiger partial charge in [-0.15, -0.1) is 0 Å². The maximum absolute atomic E-state index is 10.9. The summed E-state index contributed by atoms with van der Waals surface area (Å²) in [5.74, 6) is -0.126. The maximum Gasteiger partial charge on any atom is 0.133 e. The first-order chi connectivity index (χ1) is 4.81. The Labute approximate surface area is 71.5 Å². The van der Waals surface area contributed by atoms with Crippen LogP contribution < -0.4 is 5.32 Å². The van der Waals surface area contributed by atoms with Crippen LogP contribution in [-0.2, 0) is 4.79 Å². The minimum absolute atomic E-state index is 0.0587. The van der Waals surface area contributed by atoms with Crippen LogP contribution in [0.3, 0.4) is 0 Å². The van der Waals surface area contributed by atoms with Crippen molar-refractivity contribution in [3.8, 4) is 0 Å². The van der Waals surface area contributed by atoms with Gasteiger partial charge in [0, 0.05) is 12.8 Å². The fourth-order valence-corrected chi connectivity index (χ4v) is 1.24. The second-order valence-corrected chi connectivity index (χ2v) is 3.10. The van der Waals surface area contributed by atoms with Crippen molar-refractivity contribution < 1.29 is 4.79 Å². The largest absolute Gasteiger partial charge is 0.338 e. The van der Waals surface area contributed by atoms with Gasteiger partial charge in [-0.3, -0.25) is 4.79 Å². The monoisotopic (exact) mass is 139 g/mol. The number of Topliss-reactive ketones (excluding diaryl/α,β-unsaturated/α-hetero) is 1. The molecule has 1 rings (SSSR count). The molecule has 1 N–H and O–H groups in total. The highest BCUT2D eigenvalue weighted by Crippen LogP contribution is 2.17. The van der Waals surface area contributed by atoms with Gasteiger partial charge in [0.15, 0.2) is 0 Å². The molecule has 0 spiro atoms. The molecule has 1 fully saturated rings. The molecule has 1 aliphatic heterocycles. The summed E-state index contributed by atoms with van der Waals surface area (Å²) in [5.41, 5.74) is 0. The molecular formula is C5H5B4NO. The van der Waals surface area contributed by atoms with Gasteiger partial charge in [-0.05, 0) is 0 Å². The van der Waals surface area contributed by atoms with Crippen LogP contribution in [-0.4, -0.2) is 47.8 Å². The molecule has 0 bridgehead atoms. The lowest BCUT2D eigenvalue weighted by Crippen LogP contribution is -2.65. The lowest BCUT2D eigenvalue weighted by molar-refractivity contribution is -0.121. The Hall–Kier alpha value is -0.110. The molecule has 0 aromatic rings. The Morgan fingerprint density at radius 3 is 1.73 bits per heavy atom. The standard InChI is InChI=1S/C5H5B4NO/c6-4(7)1-3(11)2-5(8,9)10-4/h10H,1-2H2. The normalized spacial score (nSPS) is 28.2. The van der Waals surface area contributed by atoms with Gasteiger partial charge in [-0.1, -0.05) is 10.7 Å². The van der Waals surface area contributed by atoms with Crippen LogP contribution >= 0.6 is 0 Å². The number of piperidine rings is 1. The third-order valence-electron chi connectivity index (χ3n) is 1.44. The summed E-state index contributed by atoms with van der Waals surface area (Å²) in [6.07, 6.45) is 0.117. The number of hydrogen-bond donors (Lipinski definition) is 1. The molecule has 6 heteroatoms. The number of ketones is 1. The molecule has 1 saturated heterocycles. The molecule has 0 aromatic carbocycles. The van der Waals surface area contributed by atoms with Gasteiger partial charge in [0.05, 0.1) is 31.4 Å². The average molecular weight is 138 g/mol. The molecular weight excluding hydrogens is 133 g/mol. The Morgan fingerprint density at radius 1 is 1.09 bits per heavy atom. The van der Waals surface area contributed by atoms with Crippen LogP contribution in [0, 0.1) is 0 Å². The molecule has 1 heterocycles. The summed E-state index contributed by atoms with van der Waals surface area (Å²) >= 11 is 0. The maximum atomic E-state index is 10.9. The molecule has 8 radical (unpaired) electrons. The lowest BCUT2D eigenvalue weighted by atomic mass is 9.48. The van der Waals surface area contributed by atoms with Crippen molar-refractivity contribution in [3.63, 3.8) is 0 Å². The topological polar surface area (TPSA) is 29.1 Å². The van der Waals surface area contributed by atoms with Gasteiger partial charge >= 0.3 is 0 Å². The first kappa shape index (κ1) is 8.98. The quantitative estimate of drug-likeness (QED) is 0.389. The minimum atomic E-state index is -1.27. The number of carbonyl (C=O) groups excluding carboxylic acids is 1. The molecule has 0 amide bonds. The highest BCUT2D eigenvalue weighted by molar-refractivity contribution is 6.46. The average Bonchev–Trinajstić information content (AvgIpc) is 1.49. The Kier molecular flexibility index (Phi) is 1.99. The Bertz CT molecular complexity index is 173. The first-order valence-electron chi connectivity index (χ1n) is 3.27. The van der Waals surface area contributed by atoms with E-state index in [0.29, 0.717) is 0 Å². The van der Waals surface area contributed by atoms with E-state index in [1.807, 2.05) is 0 Å². The Morgan fingerprint density at radius 2 is 1.45 bits per heavy atom. The van der Waals surface area contributed by atoms with Crippen LogP contribution in [0.5, 0.6) is 0 Å². The van der Waals surface area contributed by atoms with E-state index in [-0.39, 0.29) is 18.6 Å². The zero-order valence-corrected chi connectivity index (χ0v) is 6.13. The van der Waals surface area contributed by atoms with Crippen molar-refractivity contribution in [1.29, 1.82) is 0 Å². The third kappa shape index (κ3) is 2.44. The number of rotatable bonds is 0. The van der Waals surface area contributed by atoms with Crippen molar-refractivity contribution in [1.82, 2.24) is 5.32 Å². The van der Waals surface area contributed by atoms with Crippen LogP contribution in [0.2, 0.25) is 0 Å². The molecule has 0 aliphatic carbocycles. The number of hydrogen-bond acceptors (Lipinski definition) is 2. The summed E-state index contributed by atoms with van der Waals surface area (Å²) in [5, 5.41) is 0.0225. The van der Waals surface area contributed by atoms with Crippen molar-refractivity contribution in [2.24, 2.45) is 0 Å². The summed E-state index contributed by atoms with van der Waals surface area (Å²) < 4.78 is 0. The smallest absolute Gasteiger partial charge is 0.133 e. The van der Waals surface area contributed by atoms with Gasteiger partial charge in [0.1, 0.15) is 5.78 Å². The third-order valence-corrected chi connectivity index (χ3v) is 1.44. The highest BCUT2D eigenvalue weighted by Gasteiger charge is 2.34. The van der Waals surface area contributed by atoms with Crippen molar-refractivity contribution in [2.45, 2.75) is 23.5 Å². The molecule has 0 saturated carbocycles. The molecule has 2 nitrogen and oxygen atoms in total. The van der Waals surface area contributed by atoms with E-state index in [2.05, 4.69) is 5.32 Å². The first-order valence-corrected chi connectivity index (χ1v) is 3.27. The van der Waals surface area contributed by atoms with Gasteiger partial charge in [-0.2, -0.15) is 0 Å². The molecule has 1 aliphatic rings. The molecule has 11 heavy (non-hydrogen) atoms. The lowest BCUT2D eigenvalue weighted by Gasteiger charge is -2.43. The fraction of sp³-hybridized carbons (Fsp3) is 0.800. The fourth-order valence-electron chi connectivity index (χ4n) is 1.24. The predicted molar refractivity (Wildman–Crippen MR) is 45.9 cm³/mol. The zero-order chi connectivity index (χ0) is 8.70. The number of nitrogens with one attached hydrogen (secondary N) is 1. The van der Waals surface area contributed by atoms with E-state index >= 15 is 0 Å². The van der Waals surface area contributed by atoms with E-state index in [4.69, 9.17) is 31.4 Å². The predicted octanol–water partition coefficient (Wildman–Crippen LogP) is -2.08. The van der Waals surface area contributed by atoms with E-state index < -0.39 is 10.7 Å². The van der Waals surface area contributed by atoms with Crippen LogP contribution in [0.4, 0.5) is 0 Å². The summed E-state index contributed by atoms with van der Waals surface area (Å²) in [6, 6.07) is 0. The van der Waals surface area contributed by atoms with Crippen LogP contribution in [0.25, 0.3) is 0 Å². The van der Waals surface area contributed by atoms with E-state index in [1.54, 1.807) is 0 Å².